The number of hydrogen-bond donors (Lipinski definition) is 0. The van der Waals surface area contributed by atoms with Crippen molar-refractivity contribution in [1.29, 1.82) is 0 Å². The Hall–Kier alpha value is -3.19. The van der Waals surface area contributed by atoms with Crippen LogP contribution in [0.25, 0.3) is 0 Å². The van der Waals surface area contributed by atoms with Crippen LogP contribution in [-0.2, 0) is 17.9 Å². The van der Waals surface area contributed by atoms with Crippen LogP contribution < -0.4 is 4.74 Å². The van der Waals surface area contributed by atoms with Gasteiger partial charge in [-0.25, -0.2) is 4.39 Å². The van der Waals surface area contributed by atoms with Gasteiger partial charge in [0.15, 0.2) is 0 Å². The summed E-state index contributed by atoms with van der Waals surface area (Å²) in [6, 6.07) is 15.4. The maximum absolute atomic E-state index is 13.5. The van der Waals surface area contributed by atoms with Crippen LogP contribution in [0.3, 0.4) is 0 Å². The van der Waals surface area contributed by atoms with E-state index >= 15 is 0 Å². The smallest absolute Gasteiger partial charge is 0.258 e. The second-order valence-corrected chi connectivity index (χ2v) is 9.27. The van der Waals surface area contributed by atoms with E-state index in [0.717, 1.165) is 28.8 Å². The van der Waals surface area contributed by atoms with Crippen LogP contribution in [-0.4, -0.2) is 41.3 Å². The van der Waals surface area contributed by atoms with Crippen LogP contribution in [0, 0.1) is 12.7 Å². The van der Waals surface area contributed by atoms with Crippen LogP contribution in [0.15, 0.2) is 60.0 Å². The first kappa shape index (κ1) is 23.0. The molecule has 4 rings (SSSR count). The van der Waals surface area contributed by atoms with Crippen molar-refractivity contribution in [1.82, 2.24) is 9.80 Å². The Morgan fingerprint density at radius 3 is 2.42 bits per heavy atom. The molecular formula is C26H27FN2O3S. The molecule has 0 N–H and O–H groups in total. The van der Waals surface area contributed by atoms with Crippen molar-refractivity contribution in [3.8, 4) is 5.75 Å². The first-order chi connectivity index (χ1) is 16.0. The Morgan fingerprint density at radius 1 is 1.06 bits per heavy atom. The third-order valence-corrected chi connectivity index (χ3v) is 6.84. The second kappa shape index (κ2) is 10.2. The predicted octanol–water partition coefficient (Wildman–Crippen LogP) is 5.04. The molecule has 3 aromatic rings. The van der Waals surface area contributed by atoms with E-state index in [-0.39, 0.29) is 30.2 Å². The summed E-state index contributed by atoms with van der Waals surface area (Å²) in [6.45, 7) is 2.81. The van der Waals surface area contributed by atoms with E-state index in [1.807, 2.05) is 24.4 Å². The second-order valence-electron chi connectivity index (χ2n) is 8.27. The number of nitrogens with zero attached hydrogens (tertiary/aromatic N) is 2. The Bertz CT molecular complexity index is 1120. The molecule has 1 aliphatic rings. The quantitative estimate of drug-likeness (QED) is 0.444. The molecule has 0 unspecified atom stereocenters. The van der Waals surface area contributed by atoms with E-state index in [1.165, 1.54) is 19.2 Å². The maximum Gasteiger partial charge on any atom is 0.258 e. The minimum absolute atomic E-state index is 0.00678. The fourth-order valence-corrected chi connectivity index (χ4v) is 4.68. The summed E-state index contributed by atoms with van der Waals surface area (Å²) in [5.41, 5.74) is 2.42. The Morgan fingerprint density at radius 2 is 1.79 bits per heavy atom. The van der Waals surface area contributed by atoms with Crippen LogP contribution >= 0.6 is 11.3 Å². The first-order valence-corrected chi connectivity index (χ1v) is 11.8. The van der Waals surface area contributed by atoms with Crippen molar-refractivity contribution in [2.75, 3.05) is 13.7 Å². The molecule has 0 aliphatic heterocycles. The van der Waals surface area contributed by atoms with Gasteiger partial charge in [-0.1, -0.05) is 24.3 Å². The number of benzene rings is 2. The lowest BCUT2D eigenvalue weighted by Gasteiger charge is -2.28. The molecule has 0 radical (unpaired) electrons. The van der Waals surface area contributed by atoms with Crippen LogP contribution in [0.1, 0.15) is 39.2 Å². The molecule has 7 heteroatoms. The van der Waals surface area contributed by atoms with E-state index < -0.39 is 0 Å². The first-order valence-electron chi connectivity index (χ1n) is 11.0. The third-order valence-electron chi connectivity index (χ3n) is 5.83. The molecule has 1 heterocycles. The molecule has 1 aliphatic carbocycles. The predicted molar refractivity (Wildman–Crippen MR) is 127 cm³/mol. The van der Waals surface area contributed by atoms with Gasteiger partial charge < -0.3 is 14.5 Å². The van der Waals surface area contributed by atoms with Crippen molar-refractivity contribution < 1.29 is 18.7 Å². The van der Waals surface area contributed by atoms with E-state index in [9.17, 15) is 14.0 Å². The van der Waals surface area contributed by atoms with Gasteiger partial charge in [0.1, 0.15) is 18.1 Å². The van der Waals surface area contributed by atoms with Crippen LogP contribution in [0.4, 0.5) is 4.39 Å². The van der Waals surface area contributed by atoms with Crippen molar-refractivity contribution in [3.63, 3.8) is 0 Å². The Kier molecular flexibility index (Phi) is 7.08. The molecule has 1 saturated carbocycles. The Labute approximate surface area is 197 Å². The normalized spacial score (nSPS) is 12.9. The SMILES string of the molecule is COc1ccccc1C(=O)N(CC(=O)N(Cc1ccc(F)cc1)Cc1sccc1C)C1CC1. The summed E-state index contributed by atoms with van der Waals surface area (Å²) in [5.74, 6) is -0.148. The van der Waals surface area contributed by atoms with Gasteiger partial charge in [0.2, 0.25) is 5.91 Å². The average Bonchev–Trinajstić information content (AvgIpc) is 3.59. The van der Waals surface area contributed by atoms with Gasteiger partial charge in [0, 0.05) is 17.5 Å². The zero-order valence-electron chi connectivity index (χ0n) is 18.8. The molecule has 172 valence electrons. The number of aryl methyl sites for hydroxylation is 1. The minimum atomic E-state index is -0.312. The van der Waals surface area contributed by atoms with E-state index in [0.29, 0.717) is 24.4 Å². The summed E-state index contributed by atoms with van der Waals surface area (Å²) in [6.07, 6.45) is 1.77. The fourth-order valence-electron chi connectivity index (χ4n) is 3.76. The summed E-state index contributed by atoms with van der Waals surface area (Å²) in [5, 5.41) is 2.01. The number of carbonyl (C=O) groups is 2. The largest absolute Gasteiger partial charge is 0.496 e. The summed E-state index contributed by atoms with van der Waals surface area (Å²) < 4.78 is 18.8. The highest BCUT2D eigenvalue weighted by molar-refractivity contribution is 7.10. The average molecular weight is 467 g/mol. The van der Waals surface area contributed by atoms with Crippen molar-refractivity contribution in [2.45, 2.75) is 38.9 Å². The minimum Gasteiger partial charge on any atom is -0.496 e. The third kappa shape index (κ3) is 5.60. The molecule has 1 aromatic heterocycles. The maximum atomic E-state index is 13.5. The highest BCUT2D eigenvalue weighted by Crippen LogP contribution is 2.30. The van der Waals surface area contributed by atoms with E-state index in [2.05, 4.69) is 0 Å². The van der Waals surface area contributed by atoms with E-state index in [1.54, 1.807) is 51.5 Å². The van der Waals surface area contributed by atoms with Gasteiger partial charge in [-0.3, -0.25) is 9.59 Å². The topological polar surface area (TPSA) is 49.9 Å². The Balaban J connectivity index is 1.56. The molecule has 33 heavy (non-hydrogen) atoms. The molecule has 0 spiro atoms. The monoisotopic (exact) mass is 466 g/mol. The van der Waals surface area contributed by atoms with Gasteiger partial charge in [-0.2, -0.15) is 0 Å². The molecule has 0 saturated heterocycles. The lowest BCUT2D eigenvalue weighted by Crippen LogP contribution is -2.43. The van der Waals surface area contributed by atoms with Gasteiger partial charge in [0.05, 0.1) is 19.2 Å². The van der Waals surface area contributed by atoms with Gasteiger partial charge in [-0.15, -0.1) is 11.3 Å². The standard InChI is InChI=1S/C26H27FN2O3S/c1-18-13-14-33-24(18)16-28(15-19-7-9-20(27)10-8-19)25(30)17-29(21-11-12-21)26(31)22-5-3-4-6-23(22)32-2/h3-10,13-14,21H,11-12,15-17H2,1-2H3. The van der Waals surface area contributed by atoms with Crippen molar-refractivity contribution in [2.24, 2.45) is 0 Å². The lowest BCUT2D eigenvalue weighted by atomic mass is 10.1. The van der Waals surface area contributed by atoms with Gasteiger partial charge in [-0.05, 0) is 66.6 Å². The summed E-state index contributed by atoms with van der Waals surface area (Å²) in [7, 11) is 1.53. The van der Waals surface area contributed by atoms with Gasteiger partial charge >= 0.3 is 0 Å². The summed E-state index contributed by atoms with van der Waals surface area (Å²) in [4.78, 5) is 31.4. The zero-order chi connectivity index (χ0) is 23.4. The number of amides is 2. The molecule has 2 amide bonds. The number of halogens is 1. The molecule has 1 fully saturated rings. The van der Waals surface area contributed by atoms with Crippen LogP contribution in [0.5, 0.6) is 5.75 Å². The molecule has 2 aromatic carbocycles. The highest BCUT2D eigenvalue weighted by atomic mass is 32.1. The van der Waals surface area contributed by atoms with E-state index in [4.69, 9.17) is 4.74 Å². The highest BCUT2D eigenvalue weighted by Gasteiger charge is 2.36. The number of thiophene rings is 1. The number of methoxy groups -OCH3 is 1. The van der Waals surface area contributed by atoms with Crippen molar-refractivity contribution in [3.05, 3.63) is 87.4 Å². The number of hydrogen-bond acceptors (Lipinski definition) is 4. The number of rotatable bonds is 9. The van der Waals surface area contributed by atoms with Gasteiger partial charge in [0.25, 0.3) is 5.91 Å². The van der Waals surface area contributed by atoms with Crippen molar-refractivity contribution >= 4 is 23.2 Å². The lowest BCUT2D eigenvalue weighted by molar-refractivity contribution is -0.133. The number of para-hydroxylation sites is 1. The zero-order valence-corrected chi connectivity index (χ0v) is 19.6. The molecule has 0 atom stereocenters. The molecule has 5 nitrogen and oxygen atoms in total. The number of carbonyl (C=O) groups excluding carboxylic acids is 2. The number of ether oxygens (including phenoxy) is 1. The molecule has 0 bridgehead atoms. The van der Waals surface area contributed by atoms with Crippen LogP contribution in [0.2, 0.25) is 0 Å². The molecular weight excluding hydrogens is 439 g/mol. The fraction of sp³-hybridized carbons (Fsp3) is 0.308. The summed E-state index contributed by atoms with van der Waals surface area (Å²) >= 11 is 1.60.